The summed E-state index contributed by atoms with van der Waals surface area (Å²) in [6, 6.07) is 6.45. The van der Waals surface area contributed by atoms with E-state index in [-0.39, 0.29) is 6.04 Å². The highest BCUT2D eigenvalue weighted by Gasteiger charge is 2.15. The van der Waals surface area contributed by atoms with Gasteiger partial charge in [-0.25, -0.2) is 0 Å². The molecule has 15 heavy (non-hydrogen) atoms. The summed E-state index contributed by atoms with van der Waals surface area (Å²) in [6.07, 6.45) is 2.04. The molecule has 0 aliphatic rings. The van der Waals surface area contributed by atoms with Gasteiger partial charge in [0.05, 0.1) is 0 Å². The van der Waals surface area contributed by atoms with Crippen molar-refractivity contribution >= 4 is 10.9 Å². The number of nitrogens with two attached hydrogens (primary N) is 1. The van der Waals surface area contributed by atoms with Gasteiger partial charge in [0.2, 0.25) is 0 Å². The number of hydrogen-bond donors (Lipinski definition) is 2. The number of nitrogens with one attached hydrogen (secondary N) is 1. The normalized spacial score (nSPS) is 13.7. The number of aryl methyl sites for hydroxylation is 1. The molecule has 2 rings (SSSR count). The van der Waals surface area contributed by atoms with Gasteiger partial charge < -0.3 is 10.7 Å². The number of aromatic amines is 1. The molecule has 0 bridgehead atoms. The van der Waals surface area contributed by atoms with Crippen LogP contribution in [-0.4, -0.2) is 4.98 Å². The maximum absolute atomic E-state index is 6.18. The second kappa shape index (κ2) is 3.70. The molecule has 1 aromatic carbocycles. The number of rotatable bonds is 2. The summed E-state index contributed by atoms with van der Waals surface area (Å²) < 4.78 is 0. The molecule has 2 heteroatoms. The van der Waals surface area contributed by atoms with Crippen LogP contribution in [0.4, 0.5) is 0 Å². The molecule has 0 aliphatic carbocycles. The molecule has 1 heterocycles. The average molecular weight is 202 g/mol. The number of aromatic nitrogens is 1. The molecule has 0 radical (unpaired) electrons. The standard InChI is InChI=1S/C13H18N2/c1-8(2)12(14)11-7-15-13-9(3)5-4-6-10(11)13/h4-8,12,15H,14H2,1-3H3. The van der Waals surface area contributed by atoms with Crippen molar-refractivity contribution in [3.63, 3.8) is 0 Å². The summed E-state index contributed by atoms with van der Waals surface area (Å²) in [4.78, 5) is 3.31. The third-order valence-electron chi connectivity index (χ3n) is 3.03. The molecule has 80 valence electrons. The average Bonchev–Trinajstić information content (AvgIpc) is 2.61. The second-order valence-electron chi connectivity index (χ2n) is 4.51. The maximum atomic E-state index is 6.18. The number of fused-ring (bicyclic) bond motifs is 1. The van der Waals surface area contributed by atoms with Gasteiger partial charge in [0.15, 0.2) is 0 Å². The smallest absolute Gasteiger partial charge is 0.0487 e. The lowest BCUT2D eigenvalue weighted by molar-refractivity contribution is 0.517. The molecule has 1 unspecified atom stereocenters. The molecule has 0 aliphatic heterocycles. The lowest BCUT2D eigenvalue weighted by Crippen LogP contribution is -2.16. The van der Waals surface area contributed by atoms with E-state index < -0.39 is 0 Å². The van der Waals surface area contributed by atoms with Crippen molar-refractivity contribution in [3.05, 3.63) is 35.5 Å². The summed E-state index contributed by atoms with van der Waals surface area (Å²) in [5.74, 6) is 0.463. The quantitative estimate of drug-likeness (QED) is 0.771. The number of benzene rings is 1. The fourth-order valence-electron chi connectivity index (χ4n) is 1.96. The highest BCUT2D eigenvalue weighted by molar-refractivity contribution is 5.86. The van der Waals surface area contributed by atoms with E-state index in [2.05, 4.69) is 44.0 Å². The summed E-state index contributed by atoms with van der Waals surface area (Å²) in [6.45, 7) is 6.42. The number of para-hydroxylation sites is 1. The molecule has 1 atom stereocenters. The summed E-state index contributed by atoms with van der Waals surface area (Å²) in [7, 11) is 0. The van der Waals surface area contributed by atoms with Crippen molar-refractivity contribution in [3.8, 4) is 0 Å². The van der Waals surface area contributed by atoms with Gasteiger partial charge in [0.25, 0.3) is 0 Å². The van der Waals surface area contributed by atoms with Crippen LogP contribution in [0.5, 0.6) is 0 Å². The Labute approximate surface area is 90.5 Å². The van der Waals surface area contributed by atoms with Gasteiger partial charge in [-0.15, -0.1) is 0 Å². The molecule has 0 fully saturated rings. The van der Waals surface area contributed by atoms with Crippen molar-refractivity contribution in [2.75, 3.05) is 0 Å². The van der Waals surface area contributed by atoms with Crippen molar-refractivity contribution in [1.82, 2.24) is 4.98 Å². The van der Waals surface area contributed by atoms with Gasteiger partial charge in [-0.1, -0.05) is 32.0 Å². The minimum atomic E-state index is 0.112. The van der Waals surface area contributed by atoms with Crippen LogP contribution >= 0.6 is 0 Å². The van der Waals surface area contributed by atoms with Crippen molar-refractivity contribution in [2.24, 2.45) is 11.7 Å². The predicted molar refractivity (Wildman–Crippen MR) is 64.8 cm³/mol. The van der Waals surface area contributed by atoms with Crippen LogP contribution in [0.2, 0.25) is 0 Å². The van der Waals surface area contributed by atoms with Gasteiger partial charge in [-0.05, 0) is 24.0 Å². The Hall–Kier alpha value is -1.28. The fraction of sp³-hybridized carbons (Fsp3) is 0.385. The van der Waals surface area contributed by atoms with Gasteiger partial charge >= 0.3 is 0 Å². The van der Waals surface area contributed by atoms with E-state index in [4.69, 9.17) is 5.73 Å². The van der Waals surface area contributed by atoms with E-state index in [9.17, 15) is 0 Å². The third-order valence-corrected chi connectivity index (χ3v) is 3.03. The van der Waals surface area contributed by atoms with Gasteiger partial charge in [0, 0.05) is 23.1 Å². The Bertz CT molecular complexity index is 468. The maximum Gasteiger partial charge on any atom is 0.0487 e. The van der Waals surface area contributed by atoms with Gasteiger partial charge in [-0.2, -0.15) is 0 Å². The highest BCUT2D eigenvalue weighted by Crippen LogP contribution is 2.28. The molecule has 2 aromatic rings. The summed E-state index contributed by atoms with van der Waals surface area (Å²) >= 11 is 0. The van der Waals surface area contributed by atoms with E-state index in [1.807, 2.05) is 6.20 Å². The Morgan fingerprint density at radius 2 is 2.00 bits per heavy atom. The van der Waals surface area contributed by atoms with E-state index >= 15 is 0 Å². The summed E-state index contributed by atoms with van der Waals surface area (Å²) in [5, 5.41) is 1.26. The van der Waals surface area contributed by atoms with Crippen LogP contribution < -0.4 is 5.73 Å². The van der Waals surface area contributed by atoms with Crippen LogP contribution in [0.3, 0.4) is 0 Å². The van der Waals surface area contributed by atoms with E-state index in [0.29, 0.717) is 5.92 Å². The van der Waals surface area contributed by atoms with E-state index in [1.165, 1.54) is 22.0 Å². The molecular weight excluding hydrogens is 184 g/mol. The zero-order chi connectivity index (χ0) is 11.0. The Morgan fingerprint density at radius 1 is 1.27 bits per heavy atom. The van der Waals surface area contributed by atoms with Crippen molar-refractivity contribution in [2.45, 2.75) is 26.8 Å². The molecular formula is C13H18N2. The molecule has 2 nitrogen and oxygen atoms in total. The zero-order valence-electron chi connectivity index (χ0n) is 9.54. The molecule has 0 saturated heterocycles. The van der Waals surface area contributed by atoms with Crippen LogP contribution in [0.25, 0.3) is 10.9 Å². The molecule has 0 saturated carbocycles. The molecule has 0 amide bonds. The van der Waals surface area contributed by atoms with Crippen molar-refractivity contribution < 1.29 is 0 Å². The minimum Gasteiger partial charge on any atom is -0.361 e. The number of H-pyrrole nitrogens is 1. The minimum absolute atomic E-state index is 0.112. The lowest BCUT2D eigenvalue weighted by Gasteiger charge is -2.14. The topological polar surface area (TPSA) is 41.8 Å². The lowest BCUT2D eigenvalue weighted by atomic mass is 9.96. The monoisotopic (exact) mass is 202 g/mol. The van der Waals surface area contributed by atoms with E-state index in [1.54, 1.807) is 0 Å². The molecule has 0 spiro atoms. The fourth-order valence-corrected chi connectivity index (χ4v) is 1.96. The second-order valence-corrected chi connectivity index (χ2v) is 4.51. The summed E-state index contributed by atoms with van der Waals surface area (Å²) in [5.41, 5.74) is 9.89. The van der Waals surface area contributed by atoms with E-state index in [0.717, 1.165) is 0 Å². The SMILES string of the molecule is Cc1cccc2c(C(N)C(C)C)c[nH]c12. The van der Waals surface area contributed by atoms with Gasteiger partial charge in [-0.3, -0.25) is 0 Å². The first-order valence-corrected chi connectivity index (χ1v) is 5.43. The molecule has 1 aromatic heterocycles. The first-order valence-electron chi connectivity index (χ1n) is 5.43. The van der Waals surface area contributed by atoms with Crippen LogP contribution in [-0.2, 0) is 0 Å². The van der Waals surface area contributed by atoms with Gasteiger partial charge in [0.1, 0.15) is 0 Å². The predicted octanol–water partition coefficient (Wildman–Crippen LogP) is 3.13. The molecule has 3 N–H and O–H groups in total. The highest BCUT2D eigenvalue weighted by atomic mass is 14.7. The number of hydrogen-bond acceptors (Lipinski definition) is 1. The zero-order valence-corrected chi connectivity index (χ0v) is 9.54. The first kappa shape index (κ1) is 10.2. The Balaban J connectivity index is 2.59. The van der Waals surface area contributed by atoms with Crippen LogP contribution in [0, 0.1) is 12.8 Å². The first-order chi connectivity index (χ1) is 7.11. The Morgan fingerprint density at radius 3 is 2.67 bits per heavy atom. The Kier molecular flexibility index (Phi) is 2.53. The van der Waals surface area contributed by atoms with Crippen LogP contribution in [0.1, 0.15) is 31.0 Å². The van der Waals surface area contributed by atoms with Crippen LogP contribution in [0.15, 0.2) is 24.4 Å². The third kappa shape index (κ3) is 1.65. The largest absolute Gasteiger partial charge is 0.361 e. The van der Waals surface area contributed by atoms with Crippen molar-refractivity contribution in [1.29, 1.82) is 0 Å².